The highest BCUT2D eigenvalue weighted by atomic mass is 16.5. The molecule has 0 aliphatic carbocycles. The van der Waals surface area contributed by atoms with Gasteiger partial charge in [0.25, 0.3) is 0 Å². The molecular weight excluding hydrogens is 118 g/mol. The summed E-state index contributed by atoms with van der Waals surface area (Å²) in [6.07, 6.45) is -1.06. The largest absolute Gasteiger partial charge is 0.389 e. The van der Waals surface area contributed by atoms with Crippen LogP contribution < -0.4 is 5.73 Å². The summed E-state index contributed by atoms with van der Waals surface area (Å²) in [7, 11) is 0. The quantitative estimate of drug-likeness (QED) is 0.536. The highest BCUT2D eigenvalue weighted by Crippen LogP contribution is 1.95. The van der Waals surface area contributed by atoms with Gasteiger partial charge in [0, 0.05) is 0 Å². The fraction of sp³-hybridized carbons (Fsp3) is 1.00. The molecule has 9 heavy (non-hydrogen) atoms. The van der Waals surface area contributed by atoms with Crippen molar-refractivity contribution in [2.75, 3.05) is 0 Å². The van der Waals surface area contributed by atoms with Gasteiger partial charge in [-0.3, -0.25) is 0 Å². The zero-order valence-electron chi connectivity index (χ0n) is 6.16. The molecule has 56 valence electrons. The molecule has 0 aromatic carbocycles. The smallest absolute Gasteiger partial charge is 0.131 e. The maximum atomic E-state index is 8.82. The number of hydrogen-bond donors (Lipinski definition) is 2. The fourth-order valence-electron chi connectivity index (χ4n) is 0.428. The second kappa shape index (κ2) is 3.82. The molecule has 0 bridgehead atoms. The van der Waals surface area contributed by atoms with Crippen LogP contribution in [0.2, 0.25) is 0 Å². The second-order valence-electron chi connectivity index (χ2n) is 2.39. The van der Waals surface area contributed by atoms with Crippen LogP contribution in [0.5, 0.6) is 0 Å². The van der Waals surface area contributed by atoms with Crippen molar-refractivity contribution in [3.05, 3.63) is 0 Å². The minimum atomic E-state index is -0.590. The van der Waals surface area contributed by atoms with Gasteiger partial charge in [-0.25, -0.2) is 0 Å². The minimum absolute atomic E-state index is 0.0783. The number of aliphatic hydroxyl groups excluding tert-OH is 1. The van der Waals surface area contributed by atoms with Gasteiger partial charge in [0.15, 0.2) is 0 Å². The second-order valence-corrected chi connectivity index (χ2v) is 2.39. The van der Waals surface area contributed by atoms with Crippen molar-refractivity contribution in [3.8, 4) is 0 Å². The number of ether oxygens (including phenoxy) is 1. The first-order valence-corrected chi connectivity index (χ1v) is 3.13. The highest BCUT2D eigenvalue weighted by molar-refractivity contribution is 4.55. The highest BCUT2D eigenvalue weighted by Gasteiger charge is 2.09. The van der Waals surface area contributed by atoms with E-state index in [-0.39, 0.29) is 6.10 Å². The predicted octanol–water partition coefficient (Wildman–Crippen LogP) is 0.0770. The van der Waals surface area contributed by atoms with E-state index in [1.54, 1.807) is 6.92 Å². The molecule has 0 amide bonds. The molecule has 3 nitrogen and oxygen atoms in total. The zero-order chi connectivity index (χ0) is 7.44. The van der Waals surface area contributed by atoms with Crippen LogP contribution in [0.25, 0.3) is 0 Å². The summed E-state index contributed by atoms with van der Waals surface area (Å²) in [4.78, 5) is 0. The van der Waals surface area contributed by atoms with Gasteiger partial charge in [0.1, 0.15) is 6.23 Å². The van der Waals surface area contributed by atoms with E-state index in [2.05, 4.69) is 0 Å². The first-order valence-electron chi connectivity index (χ1n) is 3.13. The van der Waals surface area contributed by atoms with E-state index in [4.69, 9.17) is 15.6 Å². The molecule has 0 aromatic heterocycles. The number of nitrogens with two attached hydrogens (primary N) is 1. The Balaban J connectivity index is 3.38. The van der Waals surface area contributed by atoms with Crippen molar-refractivity contribution in [3.63, 3.8) is 0 Å². The van der Waals surface area contributed by atoms with Crippen LogP contribution in [-0.4, -0.2) is 23.5 Å². The first-order chi connectivity index (χ1) is 4.04. The monoisotopic (exact) mass is 133 g/mol. The normalized spacial score (nSPS) is 18.0. The molecule has 0 aromatic rings. The van der Waals surface area contributed by atoms with Gasteiger partial charge in [0.2, 0.25) is 0 Å². The summed E-state index contributed by atoms with van der Waals surface area (Å²) in [5.74, 6) is 0. The van der Waals surface area contributed by atoms with Crippen LogP contribution in [0.1, 0.15) is 20.8 Å². The van der Waals surface area contributed by atoms with E-state index >= 15 is 0 Å². The van der Waals surface area contributed by atoms with Crippen LogP contribution in [0.15, 0.2) is 0 Å². The van der Waals surface area contributed by atoms with Gasteiger partial charge in [-0.15, -0.1) is 0 Å². The Labute approximate surface area is 55.8 Å². The van der Waals surface area contributed by atoms with Gasteiger partial charge in [-0.05, 0) is 20.8 Å². The summed E-state index contributed by atoms with van der Waals surface area (Å²) >= 11 is 0. The van der Waals surface area contributed by atoms with Crippen LogP contribution >= 0.6 is 0 Å². The summed E-state index contributed by atoms with van der Waals surface area (Å²) in [6.45, 7) is 5.36. The summed E-state index contributed by atoms with van der Waals surface area (Å²) in [6, 6.07) is 0. The average molecular weight is 133 g/mol. The van der Waals surface area contributed by atoms with E-state index in [1.165, 1.54) is 0 Å². The zero-order valence-corrected chi connectivity index (χ0v) is 6.16. The first kappa shape index (κ1) is 8.88. The number of rotatable bonds is 3. The Morgan fingerprint density at radius 1 is 1.33 bits per heavy atom. The molecule has 3 heteroatoms. The van der Waals surface area contributed by atoms with Gasteiger partial charge < -0.3 is 15.6 Å². The molecule has 0 spiro atoms. The molecule has 0 fully saturated rings. The van der Waals surface area contributed by atoms with Crippen molar-refractivity contribution in [1.82, 2.24) is 0 Å². The van der Waals surface area contributed by atoms with Crippen molar-refractivity contribution in [1.29, 1.82) is 0 Å². The van der Waals surface area contributed by atoms with Crippen molar-refractivity contribution in [2.24, 2.45) is 5.73 Å². The third kappa shape index (κ3) is 4.39. The van der Waals surface area contributed by atoms with E-state index in [9.17, 15) is 0 Å². The van der Waals surface area contributed by atoms with Gasteiger partial charge in [-0.2, -0.15) is 0 Å². The van der Waals surface area contributed by atoms with Crippen molar-refractivity contribution >= 4 is 0 Å². The molecule has 2 unspecified atom stereocenters. The van der Waals surface area contributed by atoms with Crippen LogP contribution in [0.4, 0.5) is 0 Å². The lowest BCUT2D eigenvalue weighted by Crippen LogP contribution is -2.37. The van der Waals surface area contributed by atoms with E-state index < -0.39 is 12.3 Å². The molecule has 0 rings (SSSR count). The molecule has 2 atom stereocenters. The Morgan fingerprint density at radius 2 is 1.78 bits per heavy atom. The van der Waals surface area contributed by atoms with E-state index in [1.807, 2.05) is 13.8 Å². The third-order valence-electron chi connectivity index (χ3n) is 0.905. The topological polar surface area (TPSA) is 55.5 Å². The van der Waals surface area contributed by atoms with Gasteiger partial charge in [-0.1, -0.05) is 0 Å². The molecule has 0 aliphatic rings. The Morgan fingerprint density at radius 3 is 1.89 bits per heavy atom. The number of aliphatic hydroxyl groups is 1. The van der Waals surface area contributed by atoms with Crippen LogP contribution in [0.3, 0.4) is 0 Å². The molecule has 0 saturated heterocycles. The van der Waals surface area contributed by atoms with E-state index in [0.717, 1.165) is 0 Å². The summed E-state index contributed by atoms with van der Waals surface area (Å²) in [5.41, 5.74) is 5.35. The van der Waals surface area contributed by atoms with Crippen LogP contribution in [-0.2, 0) is 4.74 Å². The summed E-state index contributed by atoms with van der Waals surface area (Å²) < 4.78 is 5.04. The fourth-order valence-corrected chi connectivity index (χ4v) is 0.428. The lowest BCUT2D eigenvalue weighted by Gasteiger charge is -2.17. The van der Waals surface area contributed by atoms with E-state index in [0.29, 0.717) is 0 Å². The Bertz CT molecular complexity index is 73.5. The molecule has 0 aliphatic heterocycles. The Hall–Kier alpha value is -0.120. The SMILES string of the molecule is CC(C)OC(N)C(C)O. The maximum absolute atomic E-state index is 8.82. The van der Waals surface area contributed by atoms with Crippen molar-refractivity contribution in [2.45, 2.75) is 39.2 Å². The molecule has 0 heterocycles. The predicted molar refractivity (Wildman–Crippen MR) is 35.9 cm³/mol. The van der Waals surface area contributed by atoms with Gasteiger partial charge in [0.05, 0.1) is 12.2 Å². The number of hydrogen-bond acceptors (Lipinski definition) is 3. The Kier molecular flexibility index (Phi) is 3.77. The average Bonchev–Trinajstić information content (AvgIpc) is 1.63. The lowest BCUT2D eigenvalue weighted by molar-refractivity contribution is -0.0543. The van der Waals surface area contributed by atoms with Crippen molar-refractivity contribution < 1.29 is 9.84 Å². The third-order valence-corrected chi connectivity index (χ3v) is 0.905. The molecule has 0 saturated carbocycles. The molecule has 3 N–H and O–H groups in total. The molecule has 0 radical (unpaired) electrons. The standard InChI is InChI=1S/C6H15NO2/c1-4(2)9-6(7)5(3)8/h4-6,8H,7H2,1-3H3. The minimum Gasteiger partial charge on any atom is -0.389 e. The van der Waals surface area contributed by atoms with Gasteiger partial charge >= 0.3 is 0 Å². The maximum Gasteiger partial charge on any atom is 0.131 e. The lowest BCUT2D eigenvalue weighted by atomic mass is 10.3. The molecular formula is C6H15NO2. The van der Waals surface area contributed by atoms with Crippen LogP contribution in [0, 0.1) is 0 Å². The summed E-state index contributed by atoms with van der Waals surface area (Å²) in [5, 5.41) is 8.82.